The fourth-order valence-corrected chi connectivity index (χ4v) is 3.80. The van der Waals surface area contributed by atoms with Crippen molar-refractivity contribution in [2.24, 2.45) is 0 Å². The van der Waals surface area contributed by atoms with Gasteiger partial charge in [-0.05, 0) is 40.5 Å². The van der Waals surface area contributed by atoms with E-state index < -0.39 is 27.9 Å². The summed E-state index contributed by atoms with van der Waals surface area (Å²) in [6.07, 6.45) is 3.34. The van der Waals surface area contributed by atoms with Crippen molar-refractivity contribution in [3.8, 4) is 0 Å². The molecule has 1 aromatic rings. The Morgan fingerprint density at radius 3 is 2.46 bits per heavy atom. The minimum absolute atomic E-state index is 0.164. The molecule has 0 bridgehead atoms. The first-order valence-electron chi connectivity index (χ1n) is 9.55. The molecule has 0 saturated carbocycles. The number of benzene rings is 1. The predicted molar refractivity (Wildman–Crippen MR) is 110 cm³/mol. The van der Waals surface area contributed by atoms with Gasteiger partial charge in [-0.25, -0.2) is 4.79 Å². The molecule has 2 N–H and O–H groups in total. The summed E-state index contributed by atoms with van der Waals surface area (Å²) in [6.45, 7) is 8.33. The number of hydrogen-bond donors (Lipinski definition) is 2. The third-order valence-corrected chi connectivity index (χ3v) is 6.32. The fraction of sp³-hybridized carbons (Fsp3) is 0.571. The molecular formula is C21H31NO5S. The molecule has 156 valence electrons. The van der Waals surface area contributed by atoms with Crippen LogP contribution in [0.1, 0.15) is 52.5 Å². The average Bonchev–Trinajstić information content (AvgIpc) is 3.13. The Hall–Kier alpha value is -1.38. The van der Waals surface area contributed by atoms with Gasteiger partial charge in [0.2, 0.25) is 0 Å². The van der Waals surface area contributed by atoms with Gasteiger partial charge in [-0.3, -0.25) is 0 Å². The van der Waals surface area contributed by atoms with Crippen LogP contribution in [-0.2, 0) is 31.4 Å². The Kier molecular flexibility index (Phi) is 8.09. The molecule has 0 amide bonds. The summed E-state index contributed by atoms with van der Waals surface area (Å²) >= 11 is -1.26. The maximum absolute atomic E-state index is 12.6. The Bertz CT molecular complexity index is 665. The van der Waals surface area contributed by atoms with Gasteiger partial charge in [-0.1, -0.05) is 36.4 Å². The highest BCUT2D eigenvalue weighted by Crippen LogP contribution is 2.36. The molecule has 28 heavy (non-hydrogen) atoms. The molecule has 1 fully saturated rings. The number of nitrogens with one attached hydrogen (secondary N) is 1. The number of rotatable bonds is 9. The second kappa shape index (κ2) is 9.89. The van der Waals surface area contributed by atoms with Crippen LogP contribution in [0.5, 0.6) is 0 Å². The number of ether oxygens (including phenoxy) is 2. The van der Waals surface area contributed by atoms with Crippen molar-refractivity contribution in [2.75, 3.05) is 13.2 Å². The van der Waals surface area contributed by atoms with Crippen molar-refractivity contribution in [2.45, 2.75) is 63.5 Å². The number of aliphatic carboxylic acids is 1. The molecule has 2 rings (SSSR count). The highest BCUT2D eigenvalue weighted by molar-refractivity contribution is 7.90. The third-order valence-electron chi connectivity index (χ3n) is 4.67. The summed E-state index contributed by atoms with van der Waals surface area (Å²) in [4.78, 5) is 11.1. The first kappa shape index (κ1) is 22.9. The molecular weight excluding hydrogens is 378 g/mol. The van der Waals surface area contributed by atoms with E-state index >= 15 is 0 Å². The molecule has 1 heterocycles. The number of carboxylic acids is 1. The Balaban J connectivity index is 2.13. The van der Waals surface area contributed by atoms with Crippen LogP contribution in [-0.4, -0.2) is 39.6 Å². The number of carbonyl (C=O) groups is 1. The summed E-state index contributed by atoms with van der Waals surface area (Å²) in [5.74, 6) is -1.76. The molecule has 1 aliphatic heterocycles. The lowest BCUT2D eigenvalue weighted by molar-refractivity contribution is -0.172. The fourth-order valence-electron chi connectivity index (χ4n) is 2.93. The lowest BCUT2D eigenvalue weighted by Crippen LogP contribution is -2.45. The summed E-state index contributed by atoms with van der Waals surface area (Å²) < 4.78 is 27.3. The molecule has 0 spiro atoms. The van der Waals surface area contributed by atoms with E-state index in [0.717, 1.165) is 5.56 Å². The third kappa shape index (κ3) is 6.32. The summed E-state index contributed by atoms with van der Waals surface area (Å²) in [5, 5.41) is 9.11. The van der Waals surface area contributed by atoms with Gasteiger partial charge in [0.1, 0.15) is 4.75 Å². The standard InChI is InChI=1S/C21H31NO5S/c1-16(19(23)24)10-11-18(22-28(25)20(2,3)4)12-13-21(26-14-15-27-21)17-8-6-5-7-9-17/h5-10,18,22H,11-15H2,1-4H3,(H,23,24)/t18-,28?/m1/s1. The van der Waals surface area contributed by atoms with Gasteiger partial charge in [0.25, 0.3) is 0 Å². The first-order chi connectivity index (χ1) is 13.1. The summed E-state index contributed by atoms with van der Waals surface area (Å²) in [7, 11) is 0. The van der Waals surface area contributed by atoms with Crippen LogP contribution < -0.4 is 4.72 Å². The van der Waals surface area contributed by atoms with Gasteiger partial charge in [0, 0.05) is 28.9 Å². The van der Waals surface area contributed by atoms with Crippen molar-refractivity contribution in [3.05, 3.63) is 47.5 Å². The van der Waals surface area contributed by atoms with Crippen LogP contribution >= 0.6 is 0 Å². The molecule has 1 unspecified atom stereocenters. The van der Waals surface area contributed by atoms with Gasteiger partial charge in [0.15, 0.2) is 5.79 Å². The molecule has 6 nitrogen and oxygen atoms in total. The zero-order valence-electron chi connectivity index (χ0n) is 17.1. The monoisotopic (exact) mass is 409 g/mol. The van der Waals surface area contributed by atoms with E-state index in [9.17, 15) is 9.35 Å². The van der Waals surface area contributed by atoms with Crippen molar-refractivity contribution < 1.29 is 23.9 Å². The highest BCUT2D eigenvalue weighted by atomic mass is 32.2. The van der Waals surface area contributed by atoms with Crippen molar-refractivity contribution in [1.29, 1.82) is 0 Å². The summed E-state index contributed by atoms with van der Waals surface area (Å²) in [6, 6.07) is 9.65. The Morgan fingerprint density at radius 2 is 1.93 bits per heavy atom. The second-order valence-electron chi connectivity index (χ2n) is 7.98. The maximum atomic E-state index is 12.6. The topological polar surface area (TPSA) is 90.9 Å². The van der Waals surface area contributed by atoms with Crippen molar-refractivity contribution in [1.82, 2.24) is 4.72 Å². The van der Waals surface area contributed by atoms with E-state index in [2.05, 4.69) is 4.72 Å². The van der Waals surface area contributed by atoms with Crippen molar-refractivity contribution >= 4 is 17.3 Å². The van der Waals surface area contributed by atoms with Gasteiger partial charge in [0.05, 0.1) is 19.3 Å². The largest absolute Gasteiger partial charge is 0.598 e. The lowest BCUT2D eigenvalue weighted by Gasteiger charge is -2.31. The Labute approximate surface area is 170 Å². The molecule has 0 radical (unpaired) electrons. The van der Waals surface area contributed by atoms with Gasteiger partial charge < -0.3 is 19.1 Å². The number of hydrogen-bond acceptors (Lipinski definition) is 5. The minimum Gasteiger partial charge on any atom is -0.598 e. The van der Waals surface area contributed by atoms with E-state index in [1.54, 1.807) is 13.0 Å². The maximum Gasteiger partial charge on any atom is 0.330 e. The lowest BCUT2D eigenvalue weighted by atomic mass is 9.96. The van der Waals surface area contributed by atoms with E-state index in [1.807, 2.05) is 51.1 Å². The highest BCUT2D eigenvalue weighted by Gasteiger charge is 2.39. The minimum atomic E-state index is -1.26. The van der Waals surface area contributed by atoms with Crippen LogP contribution in [0.15, 0.2) is 42.0 Å². The normalized spacial score (nSPS) is 19.4. The van der Waals surface area contributed by atoms with E-state index in [1.165, 1.54) is 0 Å². The van der Waals surface area contributed by atoms with Crippen LogP contribution in [0.3, 0.4) is 0 Å². The Morgan fingerprint density at radius 1 is 1.32 bits per heavy atom. The summed E-state index contributed by atoms with van der Waals surface area (Å²) in [5.41, 5.74) is 1.24. The quantitative estimate of drug-likeness (QED) is 0.479. The molecule has 2 atom stereocenters. The average molecular weight is 410 g/mol. The van der Waals surface area contributed by atoms with Crippen molar-refractivity contribution in [3.63, 3.8) is 0 Å². The number of carboxylic acid groups (broad SMARTS) is 1. The smallest absolute Gasteiger partial charge is 0.330 e. The van der Waals surface area contributed by atoms with Crippen LogP contribution in [0, 0.1) is 0 Å². The van der Waals surface area contributed by atoms with E-state index in [4.69, 9.17) is 14.6 Å². The van der Waals surface area contributed by atoms with Gasteiger partial charge in [-0.2, -0.15) is 0 Å². The first-order valence-corrected chi connectivity index (χ1v) is 10.7. The zero-order chi connectivity index (χ0) is 20.8. The van der Waals surface area contributed by atoms with E-state index in [-0.39, 0.29) is 11.6 Å². The van der Waals surface area contributed by atoms with E-state index in [0.29, 0.717) is 32.5 Å². The van der Waals surface area contributed by atoms with Crippen LogP contribution in [0.2, 0.25) is 0 Å². The molecule has 7 heteroatoms. The zero-order valence-corrected chi connectivity index (χ0v) is 17.9. The molecule has 1 aliphatic rings. The SMILES string of the molecule is CC(=CC[C@H](CCC1(c2ccccc2)OCCO1)N[S+]([O-])C(C)(C)C)C(=O)O. The second-order valence-corrected chi connectivity index (χ2v) is 9.98. The van der Waals surface area contributed by atoms with Gasteiger partial charge in [-0.15, -0.1) is 4.72 Å². The molecule has 0 aliphatic carbocycles. The molecule has 1 saturated heterocycles. The molecule has 1 aromatic carbocycles. The van der Waals surface area contributed by atoms with Crippen LogP contribution in [0.4, 0.5) is 0 Å². The van der Waals surface area contributed by atoms with Crippen LogP contribution in [0.25, 0.3) is 0 Å². The van der Waals surface area contributed by atoms with Gasteiger partial charge >= 0.3 is 5.97 Å². The molecule has 0 aromatic heterocycles. The predicted octanol–water partition coefficient (Wildman–Crippen LogP) is 3.51.